The fraction of sp³-hybridized carbons (Fsp3) is 0.727. The van der Waals surface area contributed by atoms with E-state index in [1.54, 1.807) is 10.6 Å². The van der Waals surface area contributed by atoms with Gasteiger partial charge in [-0.2, -0.15) is 0 Å². The third-order valence-electron chi connectivity index (χ3n) is 8.50. The van der Waals surface area contributed by atoms with Crippen LogP contribution in [0.2, 0.25) is 0 Å². The van der Waals surface area contributed by atoms with E-state index < -0.39 is 0 Å². The van der Waals surface area contributed by atoms with Crippen molar-refractivity contribution in [3.05, 3.63) is 58.7 Å². The Labute approximate surface area is 326 Å². The molecular formula is C44H78Cl2P2Pd. The molecule has 2 aromatic carbocycles. The predicted molar refractivity (Wildman–Crippen MR) is 232 cm³/mol. The zero-order chi connectivity index (χ0) is 39.6. The van der Waals surface area contributed by atoms with Gasteiger partial charge >= 0.3 is 35.0 Å². The molecule has 0 N–H and O–H groups in total. The van der Waals surface area contributed by atoms with Crippen LogP contribution in [0.1, 0.15) is 188 Å². The number of halogens is 2. The molecule has 0 aromatic heterocycles. The van der Waals surface area contributed by atoms with Crippen molar-refractivity contribution in [2.45, 2.75) is 208 Å². The summed E-state index contributed by atoms with van der Waals surface area (Å²) in [5.41, 5.74) is 6.64. The predicted octanol–water partition coefficient (Wildman–Crippen LogP) is 15.3. The Kier molecular flexibility index (Phi) is 17.5. The average Bonchev–Trinajstić information content (AvgIpc) is 2.78. The summed E-state index contributed by atoms with van der Waals surface area (Å²) >= 11 is -0.106. The molecule has 0 heterocycles. The van der Waals surface area contributed by atoms with E-state index in [0.717, 1.165) is 0 Å². The van der Waals surface area contributed by atoms with Crippen molar-refractivity contribution in [3.63, 3.8) is 0 Å². The van der Waals surface area contributed by atoms with E-state index in [4.69, 9.17) is 19.1 Å². The second-order valence-electron chi connectivity index (χ2n) is 21.9. The minimum absolute atomic E-state index is 0.106. The van der Waals surface area contributed by atoms with Gasteiger partial charge in [0.25, 0.3) is 0 Å². The monoisotopic (exact) mass is 844 g/mol. The number of benzene rings is 2. The molecule has 49 heavy (non-hydrogen) atoms. The molecule has 0 saturated carbocycles. The first-order valence-electron chi connectivity index (χ1n) is 18.0. The van der Waals surface area contributed by atoms with Crippen LogP contribution in [-0.4, -0.2) is 20.6 Å². The molecule has 5 heteroatoms. The molecule has 0 spiro atoms. The number of rotatable bonds is 2. The molecule has 0 atom stereocenters. The Morgan fingerprint density at radius 3 is 0.571 bits per heavy atom. The third-order valence-corrected chi connectivity index (χ3v) is 15.4. The van der Waals surface area contributed by atoms with E-state index in [9.17, 15) is 0 Å². The van der Waals surface area contributed by atoms with Crippen LogP contribution in [0.4, 0.5) is 0 Å². The van der Waals surface area contributed by atoms with Gasteiger partial charge in [0.05, 0.1) is 0 Å². The molecule has 288 valence electrons. The second kappa shape index (κ2) is 17.3. The Bertz CT molecular complexity index is 1120. The maximum atomic E-state index is 4.81. The second-order valence-corrected chi connectivity index (χ2v) is 32.0. The molecule has 0 aliphatic carbocycles. The van der Waals surface area contributed by atoms with E-state index >= 15 is 0 Å². The normalized spacial score (nSPS) is 14.0. The van der Waals surface area contributed by atoms with Crippen molar-refractivity contribution in [1.29, 1.82) is 0 Å². The van der Waals surface area contributed by atoms with Gasteiger partial charge in [-0.15, -0.1) is 0 Å². The molecule has 2 aromatic rings. The summed E-state index contributed by atoms with van der Waals surface area (Å²) in [5.74, 6) is 0. The molecule has 0 nitrogen and oxygen atoms in total. The number of hydrogen-bond donors (Lipinski definition) is 0. The van der Waals surface area contributed by atoms with Gasteiger partial charge in [-0.1, -0.05) is 218 Å². The molecule has 0 unspecified atom stereocenters. The van der Waals surface area contributed by atoms with Gasteiger partial charge in [0.1, 0.15) is 0 Å². The average molecular weight is 846 g/mol. The first-order valence-corrected chi connectivity index (χ1v) is 24.7. The van der Waals surface area contributed by atoms with Gasteiger partial charge in [-0.25, -0.2) is 0 Å². The maximum absolute atomic E-state index is 4.81. The zero-order valence-corrected chi connectivity index (χ0v) is 41.3. The van der Waals surface area contributed by atoms with Gasteiger partial charge in [-0.05, 0) is 75.1 Å². The van der Waals surface area contributed by atoms with Crippen LogP contribution in [-0.2, 0) is 37.6 Å². The van der Waals surface area contributed by atoms with Crippen LogP contribution in [0.5, 0.6) is 0 Å². The molecule has 0 radical (unpaired) electrons. The van der Waals surface area contributed by atoms with Crippen LogP contribution in [0.3, 0.4) is 0 Å². The summed E-state index contributed by atoms with van der Waals surface area (Å²) in [6.45, 7) is 56.8. The van der Waals surface area contributed by atoms with Gasteiger partial charge < -0.3 is 0 Å². The van der Waals surface area contributed by atoms with Crippen LogP contribution in [0, 0.1) is 0 Å². The Morgan fingerprint density at radius 1 is 0.327 bits per heavy atom. The van der Waals surface area contributed by atoms with E-state index in [-0.39, 0.29) is 53.4 Å². The van der Waals surface area contributed by atoms with Crippen molar-refractivity contribution in [2.24, 2.45) is 0 Å². The molecule has 2 rings (SSSR count). The first-order chi connectivity index (χ1) is 21.3. The quantitative estimate of drug-likeness (QED) is 0.209. The molecule has 0 aliphatic heterocycles. The molecular weight excluding hydrogens is 768 g/mol. The standard InChI is InChI=1S/2C22H39P.2ClH.Pd/c2*1-19(2,3)16-13-17(20(4,5)6)15-18(14-16)23(21(7,8)9)22(10,11)12;;;/h2*13-15H,1-12H3;2*1H;/q;;;;+2/p-2. The van der Waals surface area contributed by atoms with Crippen molar-refractivity contribution in [3.8, 4) is 0 Å². The van der Waals surface area contributed by atoms with E-state index in [1.807, 2.05) is 0 Å². The van der Waals surface area contributed by atoms with Crippen LogP contribution in [0.15, 0.2) is 36.4 Å². The van der Waals surface area contributed by atoms with Crippen LogP contribution < -0.4 is 10.6 Å². The van der Waals surface area contributed by atoms with Crippen molar-refractivity contribution < 1.29 is 15.9 Å². The van der Waals surface area contributed by atoms with Crippen molar-refractivity contribution in [2.75, 3.05) is 0 Å². The van der Waals surface area contributed by atoms with Gasteiger partial charge in [0, 0.05) is 0 Å². The molecule has 0 aliphatic rings. The van der Waals surface area contributed by atoms with Gasteiger partial charge in [-0.3, -0.25) is 0 Å². The summed E-state index contributed by atoms with van der Waals surface area (Å²) in [4.78, 5) is 0. The summed E-state index contributed by atoms with van der Waals surface area (Å²) in [6, 6.07) is 14.9. The molecule has 0 amide bonds. The fourth-order valence-corrected chi connectivity index (χ4v) is 15.0. The SMILES string of the molecule is CC(C)(C)c1cc(P(C(C)(C)C)C(C)(C)C)cc(C(C)(C)C)c1.CC(C)(C)c1cc(P(C(C)(C)C)C(C)(C)C)cc(C(C)(C)C)c1.[Cl][Pd][Cl]. The van der Waals surface area contributed by atoms with Crippen LogP contribution in [0.25, 0.3) is 0 Å². The van der Waals surface area contributed by atoms with E-state index in [1.165, 1.54) is 22.3 Å². The fourth-order valence-electron chi connectivity index (χ4n) is 6.77. The van der Waals surface area contributed by atoms with Gasteiger partial charge in [0.15, 0.2) is 0 Å². The van der Waals surface area contributed by atoms with E-state index in [0.29, 0.717) is 20.6 Å². The number of hydrogen-bond acceptors (Lipinski definition) is 0. The Morgan fingerprint density at radius 2 is 0.469 bits per heavy atom. The van der Waals surface area contributed by atoms with Crippen LogP contribution >= 0.6 is 34.9 Å². The first kappa shape index (κ1) is 49.5. The summed E-state index contributed by atoms with van der Waals surface area (Å²) < 4.78 is 0. The zero-order valence-electron chi connectivity index (χ0n) is 36.4. The topological polar surface area (TPSA) is 0 Å². The summed E-state index contributed by atoms with van der Waals surface area (Å²) in [7, 11) is 9.10. The molecule has 0 saturated heterocycles. The summed E-state index contributed by atoms with van der Waals surface area (Å²) in [5, 5.41) is 4.35. The Hall–Kier alpha value is 0.542. The Balaban J connectivity index is 0.000000870. The molecule has 0 bridgehead atoms. The minimum atomic E-state index is -0.265. The van der Waals surface area contributed by atoms with E-state index in [2.05, 4.69) is 203 Å². The van der Waals surface area contributed by atoms with Gasteiger partial charge in [0.2, 0.25) is 0 Å². The molecule has 0 fully saturated rings. The van der Waals surface area contributed by atoms with Crippen molar-refractivity contribution >= 4 is 45.5 Å². The summed E-state index contributed by atoms with van der Waals surface area (Å²) in [6.07, 6.45) is 0. The third kappa shape index (κ3) is 16.2. The van der Waals surface area contributed by atoms with Crippen molar-refractivity contribution in [1.82, 2.24) is 0 Å².